The highest BCUT2D eigenvalue weighted by Crippen LogP contribution is 2.23. The van der Waals surface area contributed by atoms with Gasteiger partial charge in [0.2, 0.25) is 0 Å². The van der Waals surface area contributed by atoms with Crippen LogP contribution in [0.5, 0.6) is 0 Å². The van der Waals surface area contributed by atoms with E-state index in [1.165, 1.54) is 25.9 Å². The molecule has 1 aromatic heterocycles. The molecule has 1 aliphatic rings. The lowest BCUT2D eigenvalue weighted by Gasteiger charge is -2.34. The summed E-state index contributed by atoms with van der Waals surface area (Å²) in [4.78, 5) is 7.12. The smallest absolute Gasteiger partial charge is 0.194 e. The van der Waals surface area contributed by atoms with E-state index in [0.717, 1.165) is 23.9 Å². The lowest BCUT2D eigenvalue weighted by Crippen LogP contribution is -2.38. The Morgan fingerprint density at radius 3 is 2.63 bits per heavy atom. The summed E-state index contributed by atoms with van der Waals surface area (Å²) >= 11 is 0. The van der Waals surface area contributed by atoms with E-state index < -0.39 is 0 Å². The van der Waals surface area contributed by atoms with E-state index in [4.69, 9.17) is 10.2 Å². The van der Waals surface area contributed by atoms with Crippen LogP contribution < -0.4 is 5.73 Å². The van der Waals surface area contributed by atoms with Gasteiger partial charge in [0.25, 0.3) is 0 Å². The summed E-state index contributed by atoms with van der Waals surface area (Å²) in [5, 5.41) is 0. The summed E-state index contributed by atoms with van der Waals surface area (Å²) in [6, 6.07) is 0.666. The molecule has 108 valence electrons. The highest BCUT2D eigenvalue weighted by atomic mass is 16.3. The molecular weight excluding hydrogens is 238 g/mol. The normalized spacial score (nSPS) is 20.1. The molecule has 1 aromatic rings. The molecule has 4 nitrogen and oxygen atoms in total. The summed E-state index contributed by atoms with van der Waals surface area (Å²) in [5.74, 6) is 1.90. The molecule has 1 atom stereocenters. The van der Waals surface area contributed by atoms with Gasteiger partial charge in [0.15, 0.2) is 5.89 Å². The van der Waals surface area contributed by atoms with Crippen LogP contribution in [0.4, 0.5) is 0 Å². The number of likely N-dealkylation sites (tertiary alicyclic amines) is 1. The Hall–Kier alpha value is -0.870. The van der Waals surface area contributed by atoms with E-state index in [2.05, 4.69) is 30.7 Å². The molecule has 1 fully saturated rings. The predicted octanol–water partition coefficient (Wildman–Crippen LogP) is 2.40. The third kappa shape index (κ3) is 3.80. The second-order valence-corrected chi connectivity index (χ2v) is 6.08. The number of piperidine rings is 1. The summed E-state index contributed by atoms with van der Waals surface area (Å²) in [5.41, 5.74) is 6.65. The molecule has 0 aromatic carbocycles. The van der Waals surface area contributed by atoms with E-state index in [1.807, 2.05) is 0 Å². The number of hydrogen-bond acceptors (Lipinski definition) is 4. The van der Waals surface area contributed by atoms with Crippen LogP contribution in [0.15, 0.2) is 10.7 Å². The minimum absolute atomic E-state index is 0.292. The van der Waals surface area contributed by atoms with E-state index in [0.29, 0.717) is 18.5 Å². The molecule has 1 saturated heterocycles. The Morgan fingerprint density at radius 2 is 2.05 bits per heavy atom. The van der Waals surface area contributed by atoms with Crippen molar-refractivity contribution in [1.29, 1.82) is 0 Å². The summed E-state index contributed by atoms with van der Waals surface area (Å²) < 4.78 is 5.58. The number of rotatable bonds is 5. The van der Waals surface area contributed by atoms with Gasteiger partial charge in [-0.05, 0) is 45.7 Å². The van der Waals surface area contributed by atoms with Gasteiger partial charge >= 0.3 is 0 Å². The lowest BCUT2D eigenvalue weighted by atomic mass is 9.93. The molecule has 19 heavy (non-hydrogen) atoms. The first-order chi connectivity index (χ1) is 9.10. The Bertz CT molecular complexity index is 380. The maximum atomic E-state index is 5.65. The van der Waals surface area contributed by atoms with E-state index >= 15 is 0 Å². The highest BCUT2D eigenvalue weighted by molar-refractivity contribution is 5.04. The Labute approximate surface area is 116 Å². The molecule has 4 heteroatoms. The van der Waals surface area contributed by atoms with Gasteiger partial charge in [-0.25, -0.2) is 4.98 Å². The zero-order valence-electron chi connectivity index (χ0n) is 12.4. The molecular formula is C15H27N3O. The maximum Gasteiger partial charge on any atom is 0.194 e. The minimum atomic E-state index is 0.292. The second-order valence-electron chi connectivity index (χ2n) is 6.08. The minimum Gasteiger partial charge on any atom is -0.449 e. The first kappa shape index (κ1) is 14.5. The SMILES string of the molecule is CC(CN)c1coc(CC2CCN(C(C)C)CC2)n1. The van der Waals surface area contributed by atoms with Gasteiger partial charge in [0, 0.05) is 24.9 Å². The summed E-state index contributed by atoms with van der Waals surface area (Å²) in [7, 11) is 0. The van der Waals surface area contributed by atoms with Crippen molar-refractivity contribution >= 4 is 0 Å². The van der Waals surface area contributed by atoms with Gasteiger partial charge in [0.05, 0.1) is 5.69 Å². The zero-order valence-corrected chi connectivity index (χ0v) is 12.4. The molecule has 0 spiro atoms. The molecule has 0 bridgehead atoms. The van der Waals surface area contributed by atoms with Gasteiger partial charge < -0.3 is 15.1 Å². The van der Waals surface area contributed by atoms with Crippen LogP contribution >= 0.6 is 0 Å². The predicted molar refractivity (Wildman–Crippen MR) is 77.1 cm³/mol. The topological polar surface area (TPSA) is 55.3 Å². The van der Waals surface area contributed by atoms with Crippen LogP contribution in [-0.2, 0) is 6.42 Å². The fraction of sp³-hybridized carbons (Fsp3) is 0.800. The van der Waals surface area contributed by atoms with Crippen molar-refractivity contribution in [3.8, 4) is 0 Å². The van der Waals surface area contributed by atoms with Crippen molar-refractivity contribution in [2.45, 2.75) is 52.0 Å². The zero-order chi connectivity index (χ0) is 13.8. The first-order valence-corrected chi connectivity index (χ1v) is 7.48. The van der Waals surface area contributed by atoms with Crippen molar-refractivity contribution in [3.05, 3.63) is 17.8 Å². The molecule has 2 N–H and O–H groups in total. The van der Waals surface area contributed by atoms with Gasteiger partial charge in [0.1, 0.15) is 6.26 Å². The molecule has 1 aliphatic heterocycles. The summed E-state index contributed by atoms with van der Waals surface area (Å²) in [6.07, 6.45) is 5.25. The van der Waals surface area contributed by atoms with Crippen LogP contribution in [-0.4, -0.2) is 35.6 Å². The number of hydrogen-bond donors (Lipinski definition) is 1. The number of oxazole rings is 1. The second kappa shape index (κ2) is 6.53. The average Bonchev–Trinajstić information content (AvgIpc) is 2.87. The average molecular weight is 265 g/mol. The molecule has 0 aliphatic carbocycles. The fourth-order valence-corrected chi connectivity index (χ4v) is 2.69. The van der Waals surface area contributed by atoms with E-state index in [-0.39, 0.29) is 0 Å². The molecule has 0 radical (unpaired) electrons. The van der Waals surface area contributed by atoms with Crippen LogP contribution in [0, 0.1) is 5.92 Å². The van der Waals surface area contributed by atoms with Gasteiger partial charge in [-0.15, -0.1) is 0 Å². The number of aromatic nitrogens is 1. The maximum absolute atomic E-state index is 5.65. The van der Waals surface area contributed by atoms with Crippen molar-refractivity contribution in [1.82, 2.24) is 9.88 Å². The Morgan fingerprint density at radius 1 is 1.37 bits per heavy atom. The van der Waals surface area contributed by atoms with Crippen molar-refractivity contribution in [2.75, 3.05) is 19.6 Å². The van der Waals surface area contributed by atoms with Gasteiger partial charge in [-0.2, -0.15) is 0 Å². The molecule has 0 saturated carbocycles. The standard InChI is InChI=1S/C15H27N3O/c1-11(2)18-6-4-13(5-7-18)8-15-17-14(10-19-15)12(3)9-16/h10-13H,4-9,16H2,1-3H3. The third-order valence-electron chi connectivity index (χ3n) is 4.27. The van der Waals surface area contributed by atoms with Crippen LogP contribution in [0.25, 0.3) is 0 Å². The monoisotopic (exact) mass is 265 g/mol. The molecule has 1 unspecified atom stereocenters. The quantitative estimate of drug-likeness (QED) is 0.888. The highest BCUT2D eigenvalue weighted by Gasteiger charge is 2.22. The van der Waals surface area contributed by atoms with Crippen molar-refractivity contribution < 1.29 is 4.42 Å². The Balaban J connectivity index is 1.84. The lowest BCUT2D eigenvalue weighted by molar-refractivity contribution is 0.146. The van der Waals surface area contributed by atoms with Gasteiger partial charge in [-0.1, -0.05) is 6.92 Å². The molecule has 0 amide bonds. The van der Waals surface area contributed by atoms with Crippen LogP contribution in [0.3, 0.4) is 0 Å². The van der Waals surface area contributed by atoms with Crippen molar-refractivity contribution in [2.24, 2.45) is 11.7 Å². The fourth-order valence-electron chi connectivity index (χ4n) is 2.69. The summed E-state index contributed by atoms with van der Waals surface area (Å²) in [6.45, 7) is 9.66. The number of nitrogens with zero attached hydrogens (tertiary/aromatic N) is 2. The third-order valence-corrected chi connectivity index (χ3v) is 4.27. The van der Waals surface area contributed by atoms with E-state index in [1.54, 1.807) is 6.26 Å². The first-order valence-electron chi connectivity index (χ1n) is 7.48. The largest absolute Gasteiger partial charge is 0.449 e. The molecule has 2 rings (SSSR count). The number of nitrogens with two attached hydrogens (primary N) is 1. The van der Waals surface area contributed by atoms with Gasteiger partial charge in [-0.3, -0.25) is 0 Å². The molecule has 2 heterocycles. The Kier molecular flexibility index (Phi) is 4.99. The van der Waals surface area contributed by atoms with E-state index in [9.17, 15) is 0 Å². The van der Waals surface area contributed by atoms with Crippen molar-refractivity contribution in [3.63, 3.8) is 0 Å². The van der Waals surface area contributed by atoms with Crippen LogP contribution in [0.1, 0.15) is 51.1 Å². The van der Waals surface area contributed by atoms with Crippen LogP contribution in [0.2, 0.25) is 0 Å².